The van der Waals surface area contributed by atoms with Gasteiger partial charge in [0, 0.05) is 45.3 Å². The van der Waals surface area contributed by atoms with Crippen molar-refractivity contribution >= 4 is 5.91 Å². The van der Waals surface area contributed by atoms with Crippen LogP contribution >= 0.6 is 0 Å². The van der Waals surface area contributed by atoms with Crippen LogP contribution in [0.5, 0.6) is 0 Å². The molecule has 7 nitrogen and oxygen atoms in total. The molecule has 1 N–H and O–H groups in total. The zero-order valence-electron chi connectivity index (χ0n) is 17.4. The molecule has 0 radical (unpaired) electrons. The summed E-state index contributed by atoms with van der Waals surface area (Å²) in [5.74, 6) is 0.00208. The summed E-state index contributed by atoms with van der Waals surface area (Å²) in [6, 6.07) is 9.20. The number of benzene rings is 1. The molecule has 2 aliphatic rings. The summed E-state index contributed by atoms with van der Waals surface area (Å²) in [4.78, 5) is 17.1. The Morgan fingerprint density at radius 1 is 1.21 bits per heavy atom. The fraction of sp³-hybridized carbons (Fsp3) is 0.591. The minimum absolute atomic E-state index is 0.00208. The Kier molecular flexibility index (Phi) is 6.56. The molecular weight excluding hydrogens is 364 g/mol. The zero-order chi connectivity index (χ0) is 20.1. The molecule has 3 heterocycles. The molecule has 0 saturated carbocycles. The smallest absolute Gasteiger partial charge is 0.276 e. The van der Waals surface area contributed by atoms with Gasteiger partial charge in [0.25, 0.3) is 5.91 Å². The minimum atomic E-state index is 0.00208. The third-order valence-electron chi connectivity index (χ3n) is 6.02. The number of carbonyl (C=O) groups excluding carboxylic acids is 1. The third-order valence-corrected chi connectivity index (χ3v) is 6.02. The monoisotopic (exact) mass is 396 g/mol. The van der Waals surface area contributed by atoms with Crippen molar-refractivity contribution in [2.24, 2.45) is 0 Å². The van der Waals surface area contributed by atoms with E-state index < -0.39 is 0 Å². The summed E-state index contributed by atoms with van der Waals surface area (Å²) < 4.78 is 1.82. The van der Waals surface area contributed by atoms with Crippen LogP contribution in [0.4, 0.5) is 0 Å². The number of amides is 1. The van der Waals surface area contributed by atoms with Crippen LogP contribution in [0.3, 0.4) is 0 Å². The van der Waals surface area contributed by atoms with Gasteiger partial charge in [-0.2, -0.15) is 0 Å². The maximum absolute atomic E-state index is 12.8. The first-order valence-corrected chi connectivity index (χ1v) is 10.9. The van der Waals surface area contributed by atoms with Gasteiger partial charge in [-0.05, 0) is 38.3 Å². The Morgan fingerprint density at radius 3 is 2.83 bits per heavy atom. The molecule has 2 fully saturated rings. The van der Waals surface area contributed by atoms with E-state index in [1.807, 2.05) is 15.8 Å². The second-order valence-electron chi connectivity index (χ2n) is 8.36. The summed E-state index contributed by atoms with van der Waals surface area (Å²) in [5.41, 5.74) is 3.09. The first-order valence-electron chi connectivity index (χ1n) is 10.9. The van der Waals surface area contributed by atoms with E-state index in [1.165, 1.54) is 30.4 Å². The van der Waals surface area contributed by atoms with Crippen LogP contribution in [0.15, 0.2) is 30.5 Å². The lowest BCUT2D eigenvalue weighted by molar-refractivity contribution is 0.0622. The normalized spacial score (nSPS) is 20.7. The summed E-state index contributed by atoms with van der Waals surface area (Å²) in [7, 11) is 0. The lowest BCUT2D eigenvalue weighted by atomic mass is 10.0. The van der Waals surface area contributed by atoms with E-state index in [2.05, 4.69) is 51.7 Å². The average Bonchev–Trinajstić information content (AvgIpc) is 3.22. The molecule has 0 bridgehead atoms. The van der Waals surface area contributed by atoms with Crippen LogP contribution in [0.2, 0.25) is 0 Å². The lowest BCUT2D eigenvalue weighted by Crippen LogP contribution is -2.48. The number of rotatable bonds is 6. The zero-order valence-corrected chi connectivity index (χ0v) is 17.4. The van der Waals surface area contributed by atoms with Crippen LogP contribution in [0.1, 0.15) is 47.3 Å². The van der Waals surface area contributed by atoms with Crippen LogP contribution in [0.25, 0.3) is 0 Å². The van der Waals surface area contributed by atoms with Crippen molar-refractivity contribution < 1.29 is 4.79 Å². The maximum Gasteiger partial charge on any atom is 0.276 e. The van der Waals surface area contributed by atoms with Gasteiger partial charge in [-0.15, -0.1) is 5.10 Å². The van der Waals surface area contributed by atoms with E-state index in [0.717, 1.165) is 52.2 Å². The van der Waals surface area contributed by atoms with Gasteiger partial charge in [0.15, 0.2) is 5.69 Å². The quantitative estimate of drug-likeness (QED) is 0.810. The van der Waals surface area contributed by atoms with Crippen molar-refractivity contribution in [2.75, 3.05) is 32.7 Å². The van der Waals surface area contributed by atoms with E-state index in [1.54, 1.807) is 0 Å². The number of hydrogen-bond acceptors (Lipinski definition) is 5. The van der Waals surface area contributed by atoms with Gasteiger partial charge in [-0.1, -0.05) is 41.5 Å². The second kappa shape index (κ2) is 9.50. The van der Waals surface area contributed by atoms with E-state index in [4.69, 9.17) is 0 Å². The van der Waals surface area contributed by atoms with Crippen molar-refractivity contribution in [1.29, 1.82) is 0 Å². The molecule has 7 heteroatoms. The Hall–Kier alpha value is -2.25. The van der Waals surface area contributed by atoms with E-state index >= 15 is 0 Å². The van der Waals surface area contributed by atoms with Gasteiger partial charge >= 0.3 is 0 Å². The van der Waals surface area contributed by atoms with Crippen molar-refractivity contribution in [3.8, 4) is 0 Å². The van der Waals surface area contributed by atoms with Crippen LogP contribution < -0.4 is 5.32 Å². The molecule has 0 spiro atoms. The topological polar surface area (TPSA) is 66.3 Å². The van der Waals surface area contributed by atoms with Crippen molar-refractivity contribution in [2.45, 2.75) is 51.7 Å². The SMILES string of the molecule is Cc1cccc(CN2CCN(C(=O)c3cn(CC[C@@H]4CCCCN4)nn3)CC2)c1. The van der Waals surface area contributed by atoms with E-state index in [-0.39, 0.29) is 5.91 Å². The molecule has 1 aromatic carbocycles. The largest absolute Gasteiger partial charge is 0.335 e. The summed E-state index contributed by atoms with van der Waals surface area (Å²) >= 11 is 0. The molecule has 4 rings (SSSR count). The first kappa shape index (κ1) is 20.0. The summed E-state index contributed by atoms with van der Waals surface area (Å²) in [6.45, 7) is 8.24. The van der Waals surface area contributed by atoms with Crippen LogP contribution in [-0.4, -0.2) is 69.5 Å². The van der Waals surface area contributed by atoms with Crippen molar-refractivity contribution in [3.63, 3.8) is 0 Å². The molecule has 29 heavy (non-hydrogen) atoms. The number of nitrogens with zero attached hydrogens (tertiary/aromatic N) is 5. The number of nitrogens with one attached hydrogen (secondary N) is 1. The van der Waals surface area contributed by atoms with Gasteiger partial charge in [0.2, 0.25) is 0 Å². The highest BCUT2D eigenvalue weighted by Gasteiger charge is 2.24. The summed E-state index contributed by atoms with van der Waals surface area (Å²) in [5, 5.41) is 11.9. The Morgan fingerprint density at radius 2 is 2.07 bits per heavy atom. The molecule has 1 atom stereocenters. The molecular formula is C22H32N6O. The van der Waals surface area contributed by atoms with Gasteiger partial charge in [0.05, 0.1) is 6.20 Å². The average molecular weight is 397 g/mol. The van der Waals surface area contributed by atoms with Gasteiger partial charge in [0.1, 0.15) is 0 Å². The van der Waals surface area contributed by atoms with E-state index in [0.29, 0.717) is 11.7 Å². The fourth-order valence-electron chi connectivity index (χ4n) is 4.30. The highest BCUT2D eigenvalue weighted by molar-refractivity contribution is 5.92. The highest BCUT2D eigenvalue weighted by atomic mass is 16.2. The number of hydrogen-bond donors (Lipinski definition) is 1. The molecule has 2 saturated heterocycles. The predicted octanol–water partition coefficient (Wildman–Crippen LogP) is 2.08. The van der Waals surface area contributed by atoms with Gasteiger partial charge in [-0.3, -0.25) is 14.4 Å². The van der Waals surface area contributed by atoms with Gasteiger partial charge in [-0.25, -0.2) is 0 Å². The number of aromatic nitrogens is 3. The van der Waals surface area contributed by atoms with Gasteiger partial charge < -0.3 is 10.2 Å². The molecule has 1 amide bonds. The van der Waals surface area contributed by atoms with Crippen molar-refractivity contribution in [1.82, 2.24) is 30.1 Å². The molecule has 1 aromatic heterocycles. The number of aryl methyl sites for hydroxylation is 2. The lowest BCUT2D eigenvalue weighted by Gasteiger charge is -2.34. The highest BCUT2D eigenvalue weighted by Crippen LogP contribution is 2.13. The summed E-state index contributed by atoms with van der Waals surface area (Å²) in [6.07, 6.45) is 6.65. The standard InChI is InChI=1S/C22H32N6O/c1-18-5-4-6-19(15-18)16-26-11-13-27(14-12-26)22(29)21-17-28(25-24-21)10-8-20-7-2-3-9-23-20/h4-6,15,17,20,23H,2-3,7-14,16H2,1H3/t20-/m0/s1. The van der Waals surface area contributed by atoms with Crippen molar-refractivity contribution in [3.05, 3.63) is 47.3 Å². The van der Waals surface area contributed by atoms with Crippen LogP contribution in [0, 0.1) is 6.92 Å². The molecule has 156 valence electrons. The number of carbonyl (C=O) groups is 1. The predicted molar refractivity (Wildman–Crippen MR) is 113 cm³/mol. The third kappa shape index (κ3) is 5.42. The van der Waals surface area contributed by atoms with Crippen LogP contribution in [-0.2, 0) is 13.1 Å². The molecule has 0 unspecified atom stereocenters. The molecule has 0 aliphatic carbocycles. The molecule has 2 aliphatic heterocycles. The minimum Gasteiger partial charge on any atom is -0.335 e. The second-order valence-corrected chi connectivity index (χ2v) is 8.36. The maximum atomic E-state index is 12.8. The Bertz CT molecular complexity index is 805. The first-order chi connectivity index (χ1) is 14.2. The van der Waals surface area contributed by atoms with E-state index in [9.17, 15) is 4.79 Å². The fourth-order valence-corrected chi connectivity index (χ4v) is 4.30. The Labute approximate surface area is 173 Å². The number of piperazine rings is 1. The molecule has 2 aromatic rings. The number of piperidine rings is 1. The Balaban J connectivity index is 1.24.